The molecule has 1 amide bonds. The number of ether oxygens (including phenoxy) is 9. The smallest absolute Gasteiger partial charge is 0.305 e. The molecular formula is C30H51NO11. The second-order valence-corrected chi connectivity index (χ2v) is 9.02. The molecule has 1 rings (SSSR count). The van der Waals surface area contributed by atoms with Gasteiger partial charge in [-0.15, -0.1) is 0 Å². The van der Waals surface area contributed by atoms with Gasteiger partial charge >= 0.3 is 5.97 Å². The van der Waals surface area contributed by atoms with Crippen LogP contribution in [0.25, 0.3) is 0 Å². The molecule has 12 heteroatoms. The van der Waals surface area contributed by atoms with E-state index in [9.17, 15) is 9.59 Å². The highest BCUT2D eigenvalue weighted by Crippen LogP contribution is 2.15. The first-order chi connectivity index (χ1) is 20.6. The van der Waals surface area contributed by atoms with E-state index < -0.39 is 0 Å². The van der Waals surface area contributed by atoms with E-state index >= 15 is 0 Å². The molecule has 242 valence electrons. The number of carbonyl (C=O) groups excluding carboxylic acids is 2. The number of hydrogen-bond acceptors (Lipinski definition) is 11. The monoisotopic (exact) mass is 601 g/mol. The lowest BCUT2D eigenvalue weighted by Gasteiger charge is -2.09. The summed E-state index contributed by atoms with van der Waals surface area (Å²) in [6.07, 6.45) is 3.49. The van der Waals surface area contributed by atoms with Crippen molar-refractivity contribution >= 4 is 17.6 Å². The van der Waals surface area contributed by atoms with E-state index in [0.717, 1.165) is 24.9 Å². The lowest BCUT2D eigenvalue weighted by Crippen LogP contribution is -2.15. The molecule has 1 aromatic carbocycles. The van der Waals surface area contributed by atoms with E-state index in [2.05, 4.69) is 12.2 Å². The summed E-state index contributed by atoms with van der Waals surface area (Å²) in [6.45, 7) is 10.9. The van der Waals surface area contributed by atoms with Gasteiger partial charge in [0.1, 0.15) is 19.0 Å². The molecule has 0 heterocycles. The zero-order chi connectivity index (χ0) is 30.4. The van der Waals surface area contributed by atoms with Gasteiger partial charge in [-0.25, -0.2) is 0 Å². The van der Waals surface area contributed by atoms with Crippen LogP contribution in [0.1, 0.15) is 39.5 Å². The molecule has 0 saturated heterocycles. The number of rotatable bonds is 30. The normalized spacial score (nSPS) is 11.0. The first-order valence-electron chi connectivity index (χ1n) is 14.8. The Morgan fingerprint density at radius 3 is 1.38 bits per heavy atom. The van der Waals surface area contributed by atoms with Gasteiger partial charge in [-0.1, -0.05) is 19.8 Å². The van der Waals surface area contributed by atoms with Crippen LogP contribution in [0, 0.1) is 0 Å². The number of nitrogens with one attached hydrogen (secondary N) is 1. The molecule has 1 N–H and O–H groups in total. The van der Waals surface area contributed by atoms with E-state index in [-0.39, 0.29) is 18.5 Å². The molecule has 0 aliphatic rings. The van der Waals surface area contributed by atoms with Gasteiger partial charge in [0.05, 0.1) is 92.5 Å². The van der Waals surface area contributed by atoms with Crippen molar-refractivity contribution in [2.24, 2.45) is 0 Å². The molecule has 1 aromatic rings. The standard InChI is InChI=1S/C30H51NO11/c1-3-4-5-6-30(33)42-26-24-40-22-20-38-18-16-36-14-12-34-11-13-35-15-17-37-19-21-39-23-25-41-29-9-7-28(8-10-29)31-27(2)32/h7-10H,3-6,11-26H2,1-2H3,(H,31,32). The van der Waals surface area contributed by atoms with Gasteiger partial charge in [0.25, 0.3) is 0 Å². The maximum absolute atomic E-state index is 11.4. The Morgan fingerprint density at radius 1 is 0.571 bits per heavy atom. The van der Waals surface area contributed by atoms with E-state index in [1.165, 1.54) is 6.92 Å². The van der Waals surface area contributed by atoms with Gasteiger partial charge in [0.2, 0.25) is 5.91 Å². The number of esters is 1. The highest BCUT2D eigenvalue weighted by atomic mass is 16.6. The molecule has 0 aliphatic heterocycles. The lowest BCUT2D eigenvalue weighted by atomic mass is 10.2. The predicted molar refractivity (Wildman–Crippen MR) is 157 cm³/mol. The van der Waals surface area contributed by atoms with Crippen LogP contribution in [0.3, 0.4) is 0 Å². The van der Waals surface area contributed by atoms with Gasteiger partial charge < -0.3 is 47.9 Å². The summed E-state index contributed by atoms with van der Waals surface area (Å²) < 4.78 is 48.8. The van der Waals surface area contributed by atoms with E-state index in [1.807, 2.05) is 0 Å². The largest absolute Gasteiger partial charge is 0.491 e. The highest BCUT2D eigenvalue weighted by molar-refractivity contribution is 5.88. The third-order valence-corrected chi connectivity index (χ3v) is 5.38. The SMILES string of the molecule is CCCCCC(=O)OCCOCCOCCOCCOCCOCCOCCOCCOc1ccc(NC(C)=O)cc1. The number of carbonyl (C=O) groups is 2. The van der Waals surface area contributed by atoms with Gasteiger partial charge in [-0.05, 0) is 30.7 Å². The summed E-state index contributed by atoms with van der Waals surface area (Å²) in [5, 5.41) is 2.71. The minimum atomic E-state index is -0.162. The number of amides is 1. The minimum Gasteiger partial charge on any atom is -0.491 e. The molecule has 0 spiro atoms. The second-order valence-electron chi connectivity index (χ2n) is 9.02. The Labute approximate surface area is 250 Å². The van der Waals surface area contributed by atoms with E-state index in [0.29, 0.717) is 111 Å². The molecule has 0 bridgehead atoms. The minimum absolute atomic E-state index is 0.109. The van der Waals surface area contributed by atoms with Crippen molar-refractivity contribution < 1.29 is 52.2 Å². The third-order valence-electron chi connectivity index (χ3n) is 5.38. The first-order valence-corrected chi connectivity index (χ1v) is 14.8. The van der Waals surface area contributed by atoms with Crippen LogP contribution in [-0.4, -0.2) is 118 Å². The number of hydrogen-bond donors (Lipinski definition) is 1. The van der Waals surface area contributed by atoms with Crippen LogP contribution in [0.2, 0.25) is 0 Å². The molecule has 42 heavy (non-hydrogen) atoms. The fraction of sp³-hybridized carbons (Fsp3) is 0.733. The van der Waals surface area contributed by atoms with Crippen LogP contribution in [0.4, 0.5) is 5.69 Å². The van der Waals surface area contributed by atoms with Gasteiger partial charge in [0.15, 0.2) is 0 Å². The Hall–Kier alpha value is -2.32. The van der Waals surface area contributed by atoms with Crippen LogP contribution in [0.15, 0.2) is 24.3 Å². The summed E-state index contributed by atoms with van der Waals surface area (Å²) in [7, 11) is 0. The number of unbranched alkanes of at least 4 members (excludes halogenated alkanes) is 2. The fourth-order valence-electron chi connectivity index (χ4n) is 3.28. The van der Waals surface area contributed by atoms with Gasteiger partial charge in [0, 0.05) is 19.0 Å². The molecular weight excluding hydrogens is 550 g/mol. The zero-order valence-corrected chi connectivity index (χ0v) is 25.4. The summed E-state index contributed by atoms with van der Waals surface area (Å²) in [5.74, 6) is 0.444. The highest BCUT2D eigenvalue weighted by Gasteiger charge is 2.02. The average molecular weight is 602 g/mol. The fourth-order valence-corrected chi connectivity index (χ4v) is 3.28. The molecule has 0 saturated carbocycles. The summed E-state index contributed by atoms with van der Waals surface area (Å²) in [6, 6.07) is 7.17. The van der Waals surface area contributed by atoms with Crippen molar-refractivity contribution in [2.45, 2.75) is 39.5 Å². The van der Waals surface area contributed by atoms with Crippen LogP contribution in [-0.2, 0) is 47.5 Å². The van der Waals surface area contributed by atoms with Crippen molar-refractivity contribution in [1.82, 2.24) is 0 Å². The first kappa shape index (κ1) is 37.7. The van der Waals surface area contributed by atoms with Gasteiger partial charge in [-0.3, -0.25) is 9.59 Å². The Kier molecular flexibility index (Phi) is 25.8. The lowest BCUT2D eigenvalue weighted by molar-refractivity contribution is -0.145. The predicted octanol–water partition coefficient (Wildman–Crippen LogP) is 3.26. The Bertz CT molecular complexity index is 764. The molecule has 0 atom stereocenters. The van der Waals surface area contributed by atoms with Crippen LogP contribution < -0.4 is 10.1 Å². The quantitative estimate of drug-likeness (QED) is 0.103. The molecule has 0 unspecified atom stereocenters. The summed E-state index contributed by atoms with van der Waals surface area (Å²) in [4.78, 5) is 22.5. The molecule has 12 nitrogen and oxygen atoms in total. The maximum Gasteiger partial charge on any atom is 0.305 e. The molecule has 0 fully saturated rings. The van der Waals surface area contributed by atoms with Crippen LogP contribution in [0.5, 0.6) is 5.75 Å². The van der Waals surface area contributed by atoms with E-state index in [4.69, 9.17) is 42.6 Å². The third kappa shape index (κ3) is 25.4. The van der Waals surface area contributed by atoms with Crippen molar-refractivity contribution in [3.8, 4) is 5.75 Å². The summed E-state index contributed by atoms with van der Waals surface area (Å²) in [5.41, 5.74) is 0.730. The van der Waals surface area contributed by atoms with Crippen molar-refractivity contribution in [1.29, 1.82) is 0 Å². The van der Waals surface area contributed by atoms with Gasteiger partial charge in [-0.2, -0.15) is 0 Å². The zero-order valence-electron chi connectivity index (χ0n) is 25.4. The van der Waals surface area contributed by atoms with Crippen molar-refractivity contribution in [3.63, 3.8) is 0 Å². The Balaban J connectivity index is 1.70. The molecule has 0 aromatic heterocycles. The molecule has 0 radical (unpaired) electrons. The van der Waals surface area contributed by atoms with Crippen LogP contribution >= 0.6 is 0 Å². The van der Waals surface area contributed by atoms with E-state index in [1.54, 1.807) is 24.3 Å². The Morgan fingerprint density at radius 2 is 0.976 bits per heavy atom. The average Bonchev–Trinajstić information content (AvgIpc) is 2.98. The maximum atomic E-state index is 11.4. The van der Waals surface area contributed by atoms with Crippen molar-refractivity contribution in [2.75, 3.05) is 111 Å². The topological polar surface area (TPSA) is 129 Å². The summed E-state index contributed by atoms with van der Waals surface area (Å²) >= 11 is 0. The second kappa shape index (κ2) is 28.8. The van der Waals surface area contributed by atoms with Crippen molar-refractivity contribution in [3.05, 3.63) is 24.3 Å². The number of benzene rings is 1. The molecule has 0 aliphatic carbocycles. The number of anilines is 1.